The molecule has 6 atom stereocenters. The fourth-order valence-corrected chi connectivity index (χ4v) is 5.95. The van der Waals surface area contributed by atoms with Crippen LogP contribution in [0.3, 0.4) is 0 Å². The normalized spacial score (nSPS) is 13.8. The summed E-state index contributed by atoms with van der Waals surface area (Å²) < 4.78 is 0. The first-order chi connectivity index (χ1) is 29.2. The monoisotopic (exact) mass is 862 g/mol. The molecule has 0 aliphatic carbocycles. The van der Waals surface area contributed by atoms with Gasteiger partial charge >= 0.3 is 5.97 Å². The molecule has 0 aliphatic rings. The quantitative estimate of drug-likeness (QED) is 0.0530. The van der Waals surface area contributed by atoms with Crippen LogP contribution >= 0.6 is 0 Å². The second kappa shape index (κ2) is 23.5. The minimum absolute atomic E-state index is 0.0149. The molecule has 62 heavy (non-hydrogen) atoms. The number of aliphatic carboxylic acids is 1. The van der Waals surface area contributed by atoms with Gasteiger partial charge in [-0.1, -0.05) is 50.2 Å². The highest BCUT2D eigenvalue weighted by atomic mass is 16.4. The molecule has 0 bridgehead atoms. The Morgan fingerprint density at radius 1 is 0.548 bits per heavy atom. The number of nitrogens with two attached hydrogens (primary N) is 2. The smallest absolute Gasteiger partial charge is 0.326 e. The zero-order valence-electron chi connectivity index (χ0n) is 34.4. The van der Waals surface area contributed by atoms with Crippen molar-refractivity contribution in [2.45, 2.75) is 89.1 Å². The van der Waals surface area contributed by atoms with E-state index in [9.17, 15) is 58.8 Å². The molecule has 3 aromatic carbocycles. The van der Waals surface area contributed by atoms with Gasteiger partial charge in [0.2, 0.25) is 41.4 Å². The van der Waals surface area contributed by atoms with Crippen molar-refractivity contribution in [2.24, 2.45) is 17.4 Å². The molecule has 20 nitrogen and oxygen atoms in total. The fourth-order valence-electron chi connectivity index (χ4n) is 5.95. The van der Waals surface area contributed by atoms with E-state index < -0.39 is 96.0 Å². The minimum atomic E-state index is -1.37. The Labute approximate surface area is 357 Å². The molecule has 0 saturated carbocycles. The van der Waals surface area contributed by atoms with E-state index in [1.807, 2.05) is 0 Å². The highest BCUT2D eigenvalue weighted by Gasteiger charge is 2.31. The van der Waals surface area contributed by atoms with E-state index in [1.165, 1.54) is 67.6 Å². The van der Waals surface area contributed by atoms with Gasteiger partial charge in [0, 0.05) is 19.3 Å². The van der Waals surface area contributed by atoms with Crippen molar-refractivity contribution in [3.05, 3.63) is 89.5 Å². The molecule has 7 amide bonds. The first kappa shape index (κ1) is 49.1. The zero-order valence-corrected chi connectivity index (χ0v) is 34.4. The van der Waals surface area contributed by atoms with Crippen molar-refractivity contribution in [3.63, 3.8) is 0 Å². The van der Waals surface area contributed by atoms with Crippen LogP contribution < -0.4 is 43.4 Å². The van der Waals surface area contributed by atoms with Crippen molar-refractivity contribution in [1.29, 1.82) is 0 Å². The molecular weight excluding hydrogens is 809 g/mol. The Morgan fingerprint density at radius 2 is 1.00 bits per heavy atom. The van der Waals surface area contributed by atoms with Crippen LogP contribution in [0.2, 0.25) is 0 Å². The maximum absolute atomic E-state index is 13.5. The second-order valence-corrected chi connectivity index (χ2v) is 15.0. The molecule has 3 rings (SSSR count). The highest BCUT2D eigenvalue weighted by Crippen LogP contribution is 2.14. The van der Waals surface area contributed by atoms with Crippen LogP contribution in [0.5, 0.6) is 17.2 Å². The van der Waals surface area contributed by atoms with E-state index in [-0.39, 0.29) is 49.4 Å². The summed E-state index contributed by atoms with van der Waals surface area (Å²) in [7, 11) is 0. The molecular formula is C42H54N8O12. The zero-order chi connectivity index (χ0) is 46.1. The number of carboxylic acids is 1. The summed E-state index contributed by atoms with van der Waals surface area (Å²) in [5.41, 5.74) is 13.0. The third-order valence-electron chi connectivity index (χ3n) is 9.48. The maximum Gasteiger partial charge on any atom is 0.326 e. The number of phenolic OH excluding ortho intramolecular Hbond substituents is 3. The number of benzene rings is 3. The SMILES string of the molecule is CC(C)[C@H](NC(=O)CNC(=O)[C@H](Cc1ccc(O)cc1)NC(=O)[C@H](C)NC(=O)[C@H](CCC(N)=O)NC(=O)[C@@H](N)Cc1ccc(O)cc1)C(=O)N[C@@H](Cc1ccc(O)cc1)C(=O)O. The fraction of sp³-hybridized carbons (Fsp3) is 0.381. The standard InChI is InChI=1S/C42H54N8O12/c1-22(2)36(41(60)49-33(42(61)62)20-26-8-14-29(53)15-9-26)50-35(55)21-45-39(58)32(19-25-6-12-28(52)13-7-25)48-37(56)23(3)46-40(59)31(16-17-34(44)54)47-38(57)30(43)18-24-4-10-27(51)11-5-24/h4-15,22-23,30-33,36,51-53H,16-21,43H2,1-3H3,(H2,44,54)(H,45,58)(H,46,59)(H,47,57)(H,48,56)(H,49,60)(H,50,55)(H,61,62)/t23-,30-,31-,32-,33-,36-/m0/s1. The van der Waals surface area contributed by atoms with Crippen LogP contribution in [0.1, 0.15) is 50.3 Å². The van der Waals surface area contributed by atoms with Crippen LogP contribution in [-0.2, 0) is 57.6 Å². The maximum atomic E-state index is 13.5. The molecule has 3 aromatic rings. The van der Waals surface area contributed by atoms with Gasteiger partial charge in [-0.3, -0.25) is 33.6 Å². The Bertz CT molecular complexity index is 2050. The number of carboxylic acid groups (broad SMARTS) is 1. The van der Waals surface area contributed by atoms with Gasteiger partial charge in [-0.05, 0) is 78.8 Å². The molecule has 334 valence electrons. The molecule has 0 saturated heterocycles. The molecule has 0 aromatic heterocycles. The van der Waals surface area contributed by atoms with Gasteiger partial charge in [0.25, 0.3) is 0 Å². The third-order valence-corrected chi connectivity index (χ3v) is 9.48. The van der Waals surface area contributed by atoms with Crippen LogP contribution in [-0.4, -0.2) is 111 Å². The summed E-state index contributed by atoms with van der Waals surface area (Å²) in [4.78, 5) is 103. The van der Waals surface area contributed by atoms with Crippen LogP contribution in [0.15, 0.2) is 72.8 Å². The lowest BCUT2D eigenvalue weighted by Crippen LogP contribution is -2.58. The first-order valence-electron chi connectivity index (χ1n) is 19.6. The molecule has 14 N–H and O–H groups in total. The van der Waals surface area contributed by atoms with Crippen molar-refractivity contribution < 1.29 is 58.8 Å². The Morgan fingerprint density at radius 3 is 1.47 bits per heavy atom. The Balaban J connectivity index is 1.67. The van der Waals surface area contributed by atoms with Gasteiger partial charge in [0.15, 0.2) is 0 Å². The van der Waals surface area contributed by atoms with E-state index in [1.54, 1.807) is 26.0 Å². The molecule has 0 fully saturated rings. The number of aromatic hydroxyl groups is 3. The summed E-state index contributed by atoms with van der Waals surface area (Å²) >= 11 is 0. The summed E-state index contributed by atoms with van der Waals surface area (Å²) in [6.45, 7) is 3.86. The van der Waals surface area contributed by atoms with Gasteiger partial charge in [-0.15, -0.1) is 0 Å². The van der Waals surface area contributed by atoms with Gasteiger partial charge in [-0.2, -0.15) is 0 Å². The third kappa shape index (κ3) is 16.4. The average Bonchev–Trinajstić information content (AvgIpc) is 3.21. The average molecular weight is 863 g/mol. The number of carbonyl (C=O) groups is 8. The molecule has 0 radical (unpaired) electrons. The minimum Gasteiger partial charge on any atom is -0.508 e. The van der Waals surface area contributed by atoms with Crippen molar-refractivity contribution in [3.8, 4) is 17.2 Å². The molecule has 20 heteroatoms. The van der Waals surface area contributed by atoms with E-state index in [0.29, 0.717) is 16.7 Å². The number of rotatable bonds is 23. The predicted octanol–water partition coefficient (Wildman–Crippen LogP) is -1.28. The lowest BCUT2D eigenvalue weighted by Gasteiger charge is -2.25. The molecule has 0 heterocycles. The number of amides is 7. The number of phenols is 3. The van der Waals surface area contributed by atoms with Crippen molar-refractivity contribution >= 4 is 47.3 Å². The van der Waals surface area contributed by atoms with Gasteiger partial charge in [0.05, 0.1) is 12.6 Å². The summed E-state index contributed by atoms with van der Waals surface area (Å²) in [5.74, 6) is -7.63. The lowest BCUT2D eigenvalue weighted by molar-refractivity contribution is -0.142. The van der Waals surface area contributed by atoms with Gasteiger partial charge in [0.1, 0.15) is 47.5 Å². The molecule has 0 aliphatic heterocycles. The summed E-state index contributed by atoms with van der Waals surface area (Å²) in [6, 6.07) is 9.67. The van der Waals surface area contributed by atoms with Crippen molar-refractivity contribution in [1.82, 2.24) is 31.9 Å². The first-order valence-corrected chi connectivity index (χ1v) is 19.6. The Hall–Kier alpha value is -7.22. The lowest BCUT2D eigenvalue weighted by atomic mass is 10.0. The number of primary amides is 1. The van der Waals surface area contributed by atoms with E-state index >= 15 is 0 Å². The van der Waals surface area contributed by atoms with Crippen LogP contribution in [0, 0.1) is 5.92 Å². The van der Waals surface area contributed by atoms with Crippen molar-refractivity contribution in [2.75, 3.05) is 6.54 Å². The number of hydrogen-bond donors (Lipinski definition) is 12. The molecule has 0 spiro atoms. The van der Waals surface area contributed by atoms with Gasteiger partial charge in [-0.25, -0.2) is 4.79 Å². The molecule has 0 unspecified atom stereocenters. The van der Waals surface area contributed by atoms with E-state index in [0.717, 1.165) is 0 Å². The number of carbonyl (C=O) groups excluding carboxylic acids is 7. The summed E-state index contributed by atoms with van der Waals surface area (Å²) in [6.07, 6.45) is -0.756. The summed E-state index contributed by atoms with van der Waals surface area (Å²) in [5, 5.41) is 53.3. The predicted molar refractivity (Wildman–Crippen MR) is 223 cm³/mol. The van der Waals surface area contributed by atoms with E-state index in [4.69, 9.17) is 11.5 Å². The van der Waals surface area contributed by atoms with E-state index in [2.05, 4.69) is 31.9 Å². The van der Waals surface area contributed by atoms with Gasteiger partial charge < -0.3 is 63.8 Å². The second-order valence-electron chi connectivity index (χ2n) is 15.0. The number of nitrogens with one attached hydrogen (secondary N) is 6. The van der Waals surface area contributed by atoms with Crippen LogP contribution in [0.4, 0.5) is 0 Å². The topological polar surface area (TPSA) is 342 Å². The Kier molecular flexibility index (Phi) is 18.7. The highest BCUT2D eigenvalue weighted by molar-refractivity contribution is 5.96. The van der Waals surface area contributed by atoms with Crippen LogP contribution in [0.25, 0.3) is 0 Å². The largest absolute Gasteiger partial charge is 0.508 e. The number of hydrogen-bond acceptors (Lipinski definition) is 12.